The minimum atomic E-state index is 0.770. The molecule has 1 aromatic heterocycles. The Morgan fingerprint density at radius 3 is 2.71 bits per heavy atom. The molecule has 0 amide bonds. The smallest absolute Gasteiger partial charge is 0.0597 e. The van der Waals surface area contributed by atoms with Crippen LogP contribution < -0.4 is 5.73 Å². The van der Waals surface area contributed by atoms with E-state index in [-0.39, 0.29) is 0 Å². The molecule has 17 heavy (non-hydrogen) atoms. The summed E-state index contributed by atoms with van der Waals surface area (Å²) in [6.07, 6.45) is 2.25. The Bertz CT molecular complexity index is 319. The number of nitrogens with two attached hydrogens (primary N) is 1. The number of nitrogens with zero attached hydrogens (tertiary/aromatic N) is 3. The Balaban J connectivity index is 2.63. The molecule has 4 heteroatoms. The fourth-order valence-corrected chi connectivity index (χ4v) is 2.13. The van der Waals surface area contributed by atoms with E-state index < -0.39 is 0 Å². The van der Waals surface area contributed by atoms with E-state index in [1.165, 1.54) is 12.1 Å². The van der Waals surface area contributed by atoms with Crippen LogP contribution in [0, 0.1) is 6.92 Å². The number of rotatable bonds is 8. The standard InChI is InChI=1S/C13H26N4/c1-4-8-16(9-6-7-14)11-13-10-12(3)15-17(13)5-2/h10H,4-9,11,14H2,1-3H3. The van der Waals surface area contributed by atoms with Crippen molar-refractivity contribution in [2.75, 3.05) is 19.6 Å². The van der Waals surface area contributed by atoms with Gasteiger partial charge in [0, 0.05) is 13.1 Å². The zero-order chi connectivity index (χ0) is 12.7. The molecule has 1 heterocycles. The molecule has 0 saturated carbocycles. The minimum Gasteiger partial charge on any atom is -0.330 e. The summed E-state index contributed by atoms with van der Waals surface area (Å²) in [7, 11) is 0. The van der Waals surface area contributed by atoms with Gasteiger partial charge in [0.15, 0.2) is 0 Å². The summed E-state index contributed by atoms with van der Waals surface area (Å²) in [6, 6.07) is 2.19. The summed E-state index contributed by atoms with van der Waals surface area (Å²) in [4.78, 5) is 2.47. The third-order valence-corrected chi connectivity index (χ3v) is 2.89. The van der Waals surface area contributed by atoms with Crippen LogP contribution in [0.1, 0.15) is 38.1 Å². The predicted molar refractivity (Wildman–Crippen MR) is 71.9 cm³/mol. The highest BCUT2D eigenvalue weighted by Gasteiger charge is 2.09. The van der Waals surface area contributed by atoms with Gasteiger partial charge in [-0.05, 0) is 52.4 Å². The zero-order valence-corrected chi connectivity index (χ0v) is 11.4. The first-order chi connectivity index (χ1) is 8.21. The lowest BCUT2D eigenvalue weighted by Gasteiger charge is -2.21. The first-order valence-electron chi connectivity index (χ1n) is 6.67. The summed E-state index contributed by atoms with van der Waals surface area (Å²) in [5.74, 6) is 0. The second kappa shape index (κ2) is 7.45. The van der Waals surface area contributed by atoms with Crippen LogP contribution >= 0.6 is 0 Å². The predicted octanol–water partition coefficient (Wildman–Crippen LogP) is 1.77. The lowest BCUT2D eigenvalue weighted by molar-refractivity contribution is 0.256. The van der Waals surface area contributed by atoms with Crippen molar-refractivity contribution in [2.24, 2.45) is 5.73 Å². The van der Waals surface area contributed by atoms with Crippen molar-refractivity contribution < 1.29 is 0 Å². The van der Waals surface area contributed by atoms with Crippen LogP contribution in [-0.4, -0.2) is 34.3 Å². The highest BCUT2D eigenvalue weighted by molar-refractivity contribution is 5.08. The number of aromatic nitrogens is 2. The van der Waals surface area contributed by atoms with Gasteiger partial charge in [-0.2, -0.15) is 5.10 Å². The van der Waals surface area contributed by atoms with Crippen LogP contribution in [0.25, 0.3) is 0 Å². The monoisotopic (exact) mass is 238 g/mol. The second-order valence-electron chi connectivity index (χ2n) is 4.51. The molecule has 1 rings (SSSR count). The maximum atomic E-state index is 5.58. The highest BCUT2D eigenvalue weighted by atomic mass is 15.3. The largest absolute Gasteiger partial charge is 0.330 e. The van der Waals surface area contributed by atoms with Gasteiger partial charge in [-0.1, -0.05) is 6.92 Å². The van der Waals surface area contributed by atoms with Crippen LogP contribution in [0.2, 0.25) is 0 Å². The fourth-order valence-electron chi connectivity index (χ4n) is 2.13. The van der Waals surface area contributed by atoms with Crippen molar-refractivity contribution in [3.63, 3.8) is 0 Å². The fraction of sp³-hybridized carbons (Fsp3) is 0.769. The van der Waals surface area contributed by atoms with E-state index in [1.54, 1.807) is 0 Å². The Kier molecular flexibility index (Phi) is 6.22. The van der Waals surface area contributed by atoms with E-state index in [9.17, 15) is 0 Å². The molecule has 0 spiro atoms. The Morgan fingerprint density at radius 2 is 2.12 bits per heavy atom. The third-order valence-electron chi connectivity index (χ3n) is 2.89. The van der Waals surface area contributed by atoms with Gasteiger partial charge in [0.25, 0.3) is 0 Å². The molecule has 2 N–H and O–H groups in total. The maximum absolute atomic E-state index is 5.58. The topological polar surface area (TPSA) is 47.1 Å². The summed E-state index contributed by atoms with van der Waals surface area (Å²) in [5.41, 5.74) is 8.01. The summed E-state index contributed by atoms with van der Waals surface area (Å²) in [6.45, 7) is 11.3. The van der Waals surface area contributed by atoms with Gasteiger partial charge < -0.3 is 5.73 Å². The molecule has 0 unspecified atom stereocenters. The van der Waals surface area contributed by atoms with Gasteiger partial charge in [-0.15, -0.1) is 0 Å². The lowest BCUT2D eigenvalue weighted by atomic mass is 10.3. The average molecular weight is 238 g/mol. The molecule has 0 aliphatic rings. The lowest BCUT2D eigenvalue weighted by Crippen LogP contribution is -2.28. The minimum absolute atomic E-state index is 0.770. The molecule has 4 nitrogen and oxygen atoms in total. The van der Waals surface area contributed by atoms with E-state index in [0.29, 0.717) is 0 Å². The molecule has 0 atom stereocenters. The van der Waals surface area contributed by atoms with Gasteiger partial charge in [0.1, 0.15) is 0 Å². The third kappa shape index (κ3) is 4.48. The average Bonchev–Trinajstić information content (AvgIpc) is 2.66. The number of hydrogen-bond donors (Lipinski definition) is 1. The van der Waals surface area contributed by atoms with E-state index in [1.807, 2.05) is 0 Å². The molecule has 0 aliphatic heterocycles. The van der Waals surface area contributed by atoms with Crippen LogP contribution in [0.3, 0.4) is 0 Å². The zero-order valence-electron chi connectivity index (χ0n) is 11.4. The maximum Gasteiger partial charge on any atom is 0.0597 e. The summed E-state index contributed by atoms with van der Waals surface area (Å²) >= 11 is 0. The van der Waals surface area contributed by atoms with Crippen molar-refractivity contribution in [3.05, 3.63) is 17.5 Å². The number of hydrogen-bond acceptors (Lipinski definition) is 3. The SMILES string of the molecule is CCCN(CCCN)Cc1cc(C)nn1CC. The molecule has 98 valence electrons. The van der Waals surface area contributed by atoms with Gasteiger partial charge in [-0.25, -0.2) is 0 Å². The number of aryl methyl sites for hydroxylation is 2. The molecule has 0 radical (unpaired) electrons. The van der Waals surface area contributed by atoms with Crippen molar-refractivity contribution in [1.82, 2.24) is 14.7 Å². The van der Waals surface area contributed by atoms with Crippen LogP contribution in [0.4, 0.5) is 0 Å². The Hall–Kier alpha value is -0.870. The highest BCUT2D eigenvalue weighted by Crippen LogP contribution is 2.08. The Morgan fingerprint density at radius 1 is 1.35 bits per heavy atom. The molecule has 0 bridgehead atoms. The first-order valence-corrected chi connectivity index (χ1v) is 6.67. The van der Waals surface area contributed by atoms with Crippen LogP contribution in [0.5, 0.6) is 0 Å². The van der Waals surface area contributed by atoms with Gasteiger partial charge in [-0.3, -0.25) is 9.58 Å². The van der Waals surface area contributed by atoms with Crippen molar-refractivity contribution >= 4 is 0 Å². The summed E-state index contributed by atoms with van der Waals surface area (Å²) < 4.78 is 2.10. The molecule has 1 aromatic rings. The summed E-state index contributed by atoms with van der Waals surface area (Å²) in [5, 5.41) is 4.49. The van der Waals surface area contributed by atoms with Crippen molar-refractivity contribution in [2.45, 2.75) is 46.7 Å². The second-order valence-corrected chi connectivity index (χ2v) is 4.51. The molecule has 0 aromatic carbocycles. The Labute approximate surface area is 105 Å². The molecular weight excluding hydrogens is 212 g/mol. The molecule has 0 aliphatic carbocycles. The van der Waals surface area contributed by atoms with Crippen LogP contribution in [0.15, 0.2) is 6.07 Å². The van der Waals surface area contributed by atoms with Gasteiger partial charge >= 0.3 is 0 Å². The van der Waals surface area contributed by atoms with Gasteiger partial charge in [0.05, 0.1) is 11.4 Å². The first kappa shape index (κ1) is 14.2. The van der Waals surface area contributed by atoms with E-state index in [0.717, 1.165) is 44.8 Å². The van der Waals surface area contributed by atoms with E-state index in [2.05, 4.69) is 41.5 Å². The normalized spacial score (nSPS) is 11.4. The van der Waals surface area contributed by atoms with Crippen molar-refractivity contribution in [3.8, 4) is 0 Å². The molecular formula is C13H26N4. The molecule has 0 fully saturated rings. The van der Waals surface area contributed by atoms with E-state index >= 15 is 0 Å². The van der Waals surface area contributed by atoms with Crippen molar-refractivity contribution in [1.29, 1.82) is 0 Å². The van der Waals surface area contributed by atoms with E-state index in [4.69, 9.17) is 5.73 Å². The quantitative estimate of drug-likeness (QED) is 0.751. The van der Waals surface area contributed by atoms with Crippen LogP contribution in [-0.2, 0) is 13.1 Å². The van der Waals surface area contributed by atoms with Gasteiger partial charge in [0.2, 0.25) is 0 Å². The molecule has 0 saturated heterocycles.